The average molecular weight is 383 g/mol. The summed E-state index contributed by atoms with van der Waals surface area (Å²) in [5.74, 6) is -1.60. The van der Waals surface area contributed by atoms with E-state index in [1.165, 1.54) is 30.2 Å². The number of hydrogen-bond donors (Lipinski definition) is 1. The van der Waals surface area contributed by atoms with Gasteiger partial charge in [-0.1, -0.05) is 39.0 Å². The van der Waals surface area contributed by atoms with Crippen LogP contribution in [0.3, 0.4) is 0 Å². The van der Waals surface area contributed by atoms with Crippen LogP contribution in [0.5, 0.6) is 5.75 Å². The third-order valence-electron chi connectivity index (χ3n) is 4.65. The zero-order valence-corrected chi connectivity index (χ0v) is 16.2. The summed E-state index contributed by atoms with van der Waals surface area (Å²) in [6.07, 6.45) is 0. The zero-order chi connectivity index (χ0) is 20.6. The summed E-state index contributed by atoms with van der Waals surface area (Å²) in [4.78, 5) is 27.2. The van der Waals surface area contributed by atoms with E-state index < -0.39 is 28.9 Å². The third kappa shape index (κ3) is 3.38. The molecule has 2 aromatic rings. The second-order valence-corrected chi connectivity index (χ2v) is 7.67. The molecule has 146 valence electrons. The number of benzene rings is 2. The number of carbonyl (C=O) groups is 2. The van der Waals surface area contributed by atoms with Gasteiger partial charge in [0.2, 0.25) is 0 Å². The number of anilines is 1. The molecular formula is C22H22FNO4. The Morgan fingerprint density at radius 2 is 1.79 bits per heavy atom. The number of methoxy groups -OCH3 is 1. The van der Waals surface area contributed by atoms with Gasteiger partial charge >= 0.3 is 0 Å². The maximum atomic E-state index is 13.8. The molecule has 0 bridgehead atoms. The van der Waals surface area contributed by atoms with Gasteiger partial charge < -0.3 is 9.84 Å². The van der Waals surface area contributed by atoms with Gasteiger partial charge in [-0.05, 0) is 35.9 Å². The van der Waals surface area contributed by atoms with E-state index in [4.69, 9.17) is 4.74 Å². The van der Waals surface area contributed by atoms with Gasteiger partial charge in [0.05, 0.1) is 18.7 Å². The lowest BCUT2D eigenvalue weighted by molar-refractivity contribution is -0.123. The SMILES string of the molecule is COc1ccc(C2C(C(=O)C(C)(C)C)=C(O)C(=O)N2c2cccc(F)c2)cc1. The second-order valence-electron chi connectivity index (χ2n) is 7.67. The number of aliphatic hydroxyl groups excluding tert-OH is 1. The minimum atomic E-state index is -0.869. The molecule has 1 aliphatic rings. The van der Waals surface area contributed by atoms with Crippen LogP contribution in [0, 0.1) is 11.2 Å². The van der Waals surface area contributed by atoms with Crippen molar-refractivity contribution in [3.8, 4) is 5.75 Å². The molecule has 1 amide bonds. The first-order chi connectivity index (χ1) is 13.1. The second kappa shape index (κ2) is 7.11. The van der Waals surface area contributed by atoms with Gasteiger partial charge in [0.25, 0.3) is 5.91 Å². The first-order valence-electron chi connectivity index (χ1n) is 8.86. The maximum absolute atomic E-state index is 13.8. The van der Waals surface area contributed by atoms with Crippen LogP contribution in [-0.4, -0.2) is 23.9 Å². The quantitative estimate of drug-likeness (QED) is 0.852. The Bertz CT molecular complexity index is 957. The fourth-order valence-corrected chi connectivity index (χ4v) is 3.24. The van der Waals surface area contributed by atoms with E-state index in [2.05, 4.69) is 0 Å². The van der Waals surface area contributed by atoms with Crippen molar-refractivity contribution in [2.75, 3.05) is 12.0 Å². The normalized spacial score (nSPS) is 17.2. The number of hydrogen-bond acceptors (Lipinski definition) is 4. The minimum Gasteiger partial charge on any atom is -0.503 e. The van der Waals surface area contributed by atoms with Crippen LogP contribution >= 0.6 is 0 Å². The molecule has 0 saturated heterocycles. The van der Waals surface area contributed by atoms with Crippen LogP contribution in [0.4, 0.5) is 10.1 Å². The van der Waals surface area contributed by atoms with E-state index in [9.17, 15) is 19.1 Å². The lowest BCUT2D eigenvalue weighted by atomic mass is 9.82. The minimum absolute atomic E-state index is 0.00641. The molecular weight excluding hydrogens is 361 g/mol. The van der Waals surface area contributed by atoms with Crippen molar-refractivity contribution in [3.63, 3.8) is 0 Å². The van der Waals surface area contributed by atoms with Crippen molar-refractivity contribution >= 4 is 17.4 Å². The number of Topliss-reactive ketones (excluding diaryl/α,β-unsaturated/α-hetero) is 1. The molecule has 0 aliphatic carbocycles. The Kier molecular flexibility index (Phi) is 4.98. The third-order valence-corrected chi connectivity index (χ3v) is 4.65. The molecule has 5 nitrogen and oxygen atoms in total. The predicted molar refractivity (Wildman–Crippen MR) is 104 cm³/mol. The van der Waals surface area contributed by atoms with Crippen molar-refractivity contribution in [3.05, 3.63) is 71.2 Å². The molecule has 0 aromatic heterocycles. The Morgan fingerprint density at radius 3 is 2.32 bits per heavy atom. The average Bonchev–Trinajstić information content (AvgIpc) is 2.91. The Morgan fingerprint density at radius 1 is 1.14 bits per heavy atom. The fourth-order valence-electron chi connectivity index (χ4n) is 3.24. The molecule has 1 heterocycles. The van der Waals surface area contributed by atoms with Gasteiger partial charge in [-0.3, -0.25) is 14.5 Å². The molecule has 0 radical (unpaired) electrons. The van der Waals surface area contributed by atoms with Crippen LogP contribution in [0.15, 0.2) is 59.9 Å². The summed E-state index contributed by atoms with van der Waals surface area (Å²) in [6.45, 7) is 5.15. The van der Waals surface area contributed by atoms with Crippen molar-refractivity contribution in [2.24, 2.45) is 5.41 Å². The highest BCUT2D eigenvalue weighted by Crippen LogP contribution is 2.43. The van der Waals surface area contributed by atoms with Gasteiger partial charge in [0.15, 0.2) is 11.5 Å². The summed E-state index contributed by atoms with van der Waals surface area (Å²) < 4.78 is 19.0. The molecule has 2 aromatic carbocycles. The number of ketones is 1. The summed E-state index contributed by atoms with van der Waals surface area (Å²) in [6, 6.07) is 11.5. The number of carbonyl (C=O) groups excluding carboxylic acids is 2. The van der Waals surface area contributed by atoms with Crippen LogP contribution < -0.4 is 9.64 Å². The molecule has 28 heavy (non-hydrogen) atoms. The fraction of sp³-hybridized carbons (Fsp3) is 0.273. The number of nitrogens with zero attached hydrogens (tertiary/aromatic N) is 1. The van der Waals surface area contributed by atoms with Crippen molar-refractivity contribution in [1.29, 1.82) is 0 Å². The highest BCUT2D eigenvalue weighted by atomic mass is 19.1. The van der Waals surface area contributed by atoms with E-state index in [1.807, 2.05) is 0 Å². The molecule has 3 rings (SSSR count). The topological polar surface area (TPSA) is 66.8 Å². The van der Waals surface area contributed by atoms with E-state index >= 15 is 0 Å². The van der Waals surface area contributed by atoms with Crippen molar-refractivity contribution in [2.45, 2.75) is 26.8 Å². The number of amides is 1. The lowest BCUT2D eigenvalue weighted by Gasteiger charge is -2.29. The molecule has 1 aliphatic heterocycles. The maximum Gasteiger partial charge on any atom is 0.294 e. The van der Waals surface area contributed by atoms with Crippen LogP contribution in [0.1, 0.15) is 32.4 Å². The van der Waals surface area contributed by atoms with Crippen LogP contribution in [-0.2, 0) is 9.59 Å². The lowest BCUT2D eigenvalue weighted by Crippen LogP contribution is -2.32. The Hall–Kier alpha value is -3.15. The summed E-state index contributed by atoms with van der Waals surface area (Å²) in [5, 5.41) is 10.6. The molecule has 0 saturated carbocycles. The summed E-state index contributed by atoms with van der Waals surface area (Å²) in [7, 11) is 1.54. The van der Waals surface area contributed by atoms with Crippen LogP contribution in [0.25, 0.3) is 0 Å². The molecule has 0 fully saturated rings. The highest BCUT2D eigenvalue weighted by Gasteiger charge is 2.46. The summed E-state index contributed by atoms with van der Waals surface area (Å²) in [5.41, 5.74) is 0.0581. The zero-order valence-electron chi connectivity index (χ0n) is 16.2. The van der Waals surface area contributed by atoms with Crippen molar-refractivity contribution in [1.82, 2.24) is 0 Å². The van der Waals surface area contributed by atoms with E-state index in [-0.39, 0.29) is 17.0 Å². The Balaban J connectivity index is 2.19. The van der Waals surface area contributed by atoms with Gasteiger partial charge in [-0.15, -0.1) is 0 Å². The van der Waals surface area contributed by atoms with Gasteiger partial charge in [0, 0.05) is 11.1 Å². The van der Waals surface area contributed by atoms with Crippen LogP contribution in [0.2, 0.25) is 0 Å². The summed E-state index contributed by atoms with van der Waals surface area (Å²) >= 11 is 0. The Labute approximate surface area is 163 Å². The highest BCUT2D eigenvalue weighted by molar-refractivity contribution is 6.17. The number of ether oxygens (including phenoxy) is 1. The number of aliphatic hydroxyl groups is 1. The first-order valence-corrected chi connectivity index (χ1v) is 8.86. The van der Waals surface area contributed by atoms with Gasteiger partial charge in [0.1, 0.15) is 11.6 Å². The number of halogens is 1. The van der Waals surface area contributed by atoms with E-state index in [0.29, 0.717) is 11.3 Å². The smallest absolute Gasteiger partial charge is 0.294 e. The predicted octanol–water partition coefficient (Wildman–Crippen LogP) is 4.35. The molecule has 1 unspecified atom stereocenters. The monoisotopic (exact) mass is 383 g/mol. The standard InChI is InChI=1S/C22H22FNO4/c1-22(2,3)20(26)17-18(13-8-10-16(28-4)11-9-13)24(21(27)19(17)25)15-7-5-6-14(23)12-15/h5-12,18,25H,1-4H3. The molecule has 6 heteroatoms. The molecule has 0 spiro atoms. The van der Waals surface area contributed by atoms with Crippen molar-refractivity contribution < 1.29 is 23.8 Å². The number of rotatable bonds is 4. The molecule has 1 N–H and O–H groups in total. The molecule has 1 atom stereocenters. The van der Waals surface area contributed by atoms with E-state index in [0.717, 1.165) is 0 Å². The largest absolute Gasteiger partial charge is 0.503 e. The van der Waals surface area contributed by atoms with Gasteiger partial charge in [-0.25, -0.2) is 4.39 Å². The first kappa shape index (κ1) is 19.6. The van der Waals surface area contributed by atoms with E-state index in [1.54, 1.807) is 51.1 Å². The van der Waals surface area contributed by atoms with Gasteiger partial charge in [-0.2, -0.15) is 0 Å².